The van der Waals surface area contributed by atoms with Gasteiger partial charge < -0.3 is 15.1 Å². The van der Waals surface area contributed by atoms with Gasteiger partial charge in [0.25, 0.3) is 0 Å². The molecule has 21 heavy (non-hydrogen) atoms. The van der Waals surface area contributed by atoms with Crippen molar-refractivity contribution in [3.63, 3.8) is 0 Å². The molecule has 1 aliphatic rings. The number of carbonyl (C=O) groups is 2. The Morgan fingerprint density at radius 3 is 2.62 bits per heavy atom. The topological polar surface area (TPSA) is 52.7 Å². The summed E-state index contributed by atoms with van der Waals surface area (Å²) in [6.45, 7) is 2.93. The van der Waals surface area contributed by atoms with E-state index in [4.69, 9.17) is 0 Å². The summed E-state index contributed by atoms with van der Waals surface area (Å²) in [7, 11) is 4.00. The molecule has 0 saturated carbocycles. The van der Waals surface area contributed by atoms with Gasteiger partial charge in [-0.3, -0.25) is 9.59 Å². The van der Waals surface area contributed by atoms with Crippen molar-refractivity contribution >= 4 is 17.5 Å². The van der Waals surface area contributed by atoms with Crippen LogP contribution in [0, 0.1) is 0 Å². The highest BCUT2D eigenvalue weighted by Crippen LogP contribution is 2.14. The van der Waals surface area contributed by atoms with Gasteiger partial charge in [0.1, 0.15) is 6.04 Å². The van der Waals surface area contributed by atoms with Crippen LogP contribution in [0.2, 0.25) is 0 Å². The van der Waals surface area contributed by atoms with Crippen LogP contribution in [0.4, 0.5) is 5.69 Å². The van der Waals surface area contributed by atoms with E-state index < -0.39 is 0 Å². The lowest BCUT2D eigenvalue weighted by Crippen LogP contribution is -2.55. The Bertz CT molecular complexity index is 511. The fourth-order valence-electron chi connectivity index (χ4n) is 2.48. The first-order valence-corrected chi connectivity index (χ1v) is 7.32. The Morgan fingerprint density at radius 2 is 2.00 bits per heavy atom. The van der Waals surface area contributed by atoms with Crippen molar-refractivity contribution in [3.8, 4) is 0 Å². The molecule has 0 radical (unpaired) electrons. The van der Waals surface area contributed by atoms with Crippen molar-refractivity contribution in [2.45, 2.75) is 25.8 Å². The molecule has 2 rings (SSSR count). The number of nitrogens with one attached hydrogen (secondary N) is 1. The SMILES string of the molecule is CC1C(=O)NCCN1C(=O)CCc1ccc(N(C)C)cc1. The number of piperazine rings is 1. The first kappa shape index (κ1) is 15.4. The van der Waals surface area contributed by atoms with Crippen molar-refractivity contribution in [3.05, 3.63) is 29.8 Å². The number of aryl methyl sites for hydroxylation is 1. The molecule has 1 aliphatic heterocycles. The standard InChI is InChI=1S/C16H23N3O2/c1-12-16(21)17-10-11-19(12)15(20)9-6-13-4-7-14(8-5-13)18(2)3/h4-5,7-8,12H,6,9-11H2,1-3H3,(H,17,21). The maximum absolute atomic E-state index is 12.2. The van der Waals surface area contributed by atoms with Crippen LogP contribution in [0.3, 0.4) is 0 Å². The molecule has 1 fully saturated rings. The molecule has 1 saturated heterocycles. The molecule has 114 valence electrons. The van der Waals surface area contributed by atoms with Crippen LogP contribution >= 0.6 is 0 Å². The van der Waals surface area contributed by atoms with Gasteiger partial charge in [-0.1, -0.05) is 12.1 Å². The Balaban J connectivity index is 1.90. The van der Waals surface area contributed by atoms with Gasteiger partial charge in [-0.05, 0) is 31.0 Å². The third-order valence-electron chi connectivity index (χ3n) is 3.90. The number of nitrogens with zero attached hydrogens (tertiary/aromatic N) is 2. The van der Waals surface area contributed by atoms with E-state index >= 15 is 0 Å². The van der Waals surface area contributed by atoms with Crippen LogP contribution < -0.4 is 10.2 Å². The average Bonchev–Trinajstić information content (AvgIpc) is 2.48. The van der Waals surface area contributed by atoms with E-state index in [2.05, 4.69) is 29.6 Å². The number of anilines is 1. The molecule has 1 heterocycles. The monoisotopic (exact) mass is 289 g/mol. The van der Waals surface area contributed by atoms with Gasteiger partial charge in [0.2, 0.25) is 11.8 Å². The van der Waals surface area contributed by atoms with E-state index in [1.54, 1.807) is 11.8 Å². The van der Waals surface area contributed by atoms with E-state index in [-0.39, 0.29) is 17.9 Å². The lowest BCUT2D eigenvalue weighted by atomic mass is 10.1. The highest BCUT2D eigenvalue weighted by molar-refractivity contribution is 5.88. The van der Waals surface area contributed by atoms with Crippen molar-refractivity contribution in [1.82, 2.24) is 10.2 Å². The van der Waals surface area contributed by atoms with Crippen LogP contribution in [0.25, 0.3) is 0 Å². The molecule has 1 aromatic rings. The van der Waals surface area contributed by atoms with Gasteiger partial charge in [-0.2, -0.15) is 0 Å². The molecule has 1 aromatic carbocycles. The fourth-order valence-corrected chi connectivity index (χ4v) is 2.48. The van der Waals surface area contributed by atoms with Crippen LogP contribution in [0.5, 0.6) is 0 Å². The number of amides is 2. The molecule has 1 atom stereocenters. The zero-order valence-electron chi connectivity index (χ0n) is 12.9. The molecule has 0 aliphatic carbocycles. The summed E-state index contributed by atoms with van der Waals surface area (Å²) >= 11 is 0. The molecule has 0 spiro atoms. The van der Waals surface area contributed by atoms with Crippen LogP contribution in [-0.2, 0) is 16.0 Å². The summed E-state index contributed by atoms with van der Waals surface area (Å²) in [5.41, 5.74) is 2.29. The van der Waals surface area contributed by atoms with E-state index in [0.29, 0.717) is 25.9 Å². The second-order valence-corrected chi connectivity index (χ2v) is 5.62. The molecule has 5 nitrogen and oxygen atoms in total. The molecule has 1 N–H and O–H groups in total. The third kappa shape index (κ3) is 3.74. The molecular formula is C16H23N3O2. The second kappa shape index (κ2) is 6.61. The number of benzene rings is 1. The van der Waals surface area contributed by atoms with Crippen LogP contribution in [0.15, 0.2) is 24.3 Å². The normalized spacial score (nSPS) is 18.3. The molecule has 5 heteroatoms. The minimum atomic E-state index is -0.359. The molecule has 0 aromatic heterocycles. The number of hydrogen-bond donors (Lipinski definition) is 1. The zero-order chi connectivity index (χ0) is 15.4. The maximum atomic E-state index is 12.2. The summed E-state index contributed by atoms with van der Waals surface area (Å²) < 4.78 is 0. The van der Waals surface area contributed by atoms with Gasteiger partial charge >= 0.3 is 0 Å². The smallest absolute Gasteiger partial charge is 0.242 e. The Hall–Kier alpha value is -2.04. The van der Waals surface area contributed by atoms with Gasteiger partial charge in [0.15, 0.2) is 0 Å². The van der Waals surface area contributed by atoms with Gasteiger partial charge in [-0.25, -0.2) is 0 Å². The largest absolute Gasteiger partial charge is 0.378 e. The Labute approximate surface area is 125 Å². The predicted octanol–water partition coefficient (Wildman–Crippen LogP) is 1.03. The van der Waals surface area contributed by atoms with Crippen LogP contribution in [0.1, 0.15) is 18.9 Å². The first-order chi connectivity index (χ1) is 9.99. The van der Waals surface area contributed by atoms with Crippen LogP contribution in [-0.4, -0.2) is 49.9 Å². The van der Waals surface area contributed by atoms with Crippen molar-refractivity contribution in [1.29, 1.82) is 0 Å². The number of hydrogen-bond acceptors (Lipinski definition) is 3. The third-order valence-corrected chi connectivity index (χ3v) is 3.90. The van der Waals surface area contributed by atoms with E-state index in [0.717, 1.165) is 11.3 Å². The number of carbonyl (C=O) groups excluding carboxylic acids is 2. The summed E-state index contributed by atoms with van der Waals surface area (Å²) in [5.74, 6) is -0.0148. The van der Waals surface area contributed by atoms with Gasteiger partial charge in [0, 0.05) is 39.3 Å². The van der Waals surface area contributed by atoms with E-state index in [9.17, 15) is 9.59 Å². The highest BCUT2D eigenvalue weighted by atomic mass is 16.2. The Morgan fingerprint density at radius 1 is 1.33 bits per heavy atom. The summed E-state index contributed by atoms with van der Waals surface area (Å²) in [5, 5.41) is 2.77. The summed E-state index contributed by atoms with van der Waals surface area (Å²) in [4.78, 5) is 27.5. The van der Waals surface area contributed by atoms with Gasteiger partial charge in [-0.15, -0.1) is 0 Å². The lowest BCUT2D eigenvalue weighted by molar-refractivity contribution is -0.142. The molecule has 2 amide bonds. The second-order valence-electron chi connectivity index (χ2n) is 5.62. The molecule has 1 unspecified atom stereocenters. The molecule has 0 bridgehead atoms. The summed E-state index contributed by atoms with van der Waals surface area (Å²) in [6, 6.07) is 7.85. The quantitative estimate of drug-likeness (QED) is 0.901. The van der Waals surface area contributed by atoms with Crippen molar-refractivity contribution < 1.29 is 9.59 Å². The average molecular weight is 289 g/mol. The Kier molecular flexibility index (Phi) is 4.83. The minimum Gasteiger partial charge on any atom is -0.378 e. The van der Waals surface area contributed by atoms with E-state index in [1.807, 2.05) is 19.0 Å². The molecular weight excluding hydrogens is 266 g/mol. The van der Waals surface area contributed by atoms with Crippen molar-refractivity contribution in [2.75, 3.05) is 32.1 Å². The predicted molar refractivity (Wildman–Crippen MR) is 83.3 cm³/mol. The minimum absolute atomic E-state index is 0.0500. The first-order valence-electron chi connectivity index (χ1n) is 7.32. The van der Waals surface area contributed by atoms with Crippen molar-refractivity contribution in [2.24, 2.45) is 0 Å². The number of rotatable bonds is 4. The fraction of sp³-hybridized carbons (Fsp3) is 0.500. The zero-order valence-corrected chi connectivity index (χ0v) is 12.9. The lowest BCUT2D eigenvalue weighted by Gasteiger charge is -2.32. The highest BCUT2D eigenvalue weighted by Gasteiger charge is 2.28. The van der Waals surface area contributed by atoms with Gasteiger partial charge in [0.05, 0.1) is 0 Å². The van der Waals surface area contributed by atoms with E-state index in [1.165, 1.54) is 0 Å². The maximum Gasteiger partial charge on any atom is 0.242 e. The summed E-state index contributed by atoms with van der Waals surface area (Å²) in [6.07, 6.45) is 1.15.